The predicted molar refractivity (Wildman–Crippen MR) is 62.1 cm³/mol. The zero-order valence-electron chi connectivity index (χ0n) is 9.55. The predicted octanol–water partition coefficient (Wildman–Crippen LogP) is 3.46. The first-order chi connectivity index (χ1) is 7.29. The average molecular weight is 229 g/mol. The van der Waals surface area contributed by atoms with Crippen molar-refractivity contribution in [2.45, 2.75) is 44.6 Å². The molecule has 1 nitrogen and oxygen atoms in total. The Balaban J connectivity index is 1.77. The molecule has 3 fully saturated rings. The molecule has 0 radical (unpaired) electrons. The van der Waals surface area contributed by atoms with E-state index in [0.29, 0.717) is 11.5 Å². The van der Waals surface area contributed by atoms with Crippen molar-refractivity contribution >= 4 is 11.6 Å². The van der Waals surface area contributed by atoms with Gasteiger partial charge in [0.25, 0.3) is 0 Å². The van der Waals surface area contributed by atoms with Gasteiger partial charge in [-0.1, -0.05) is 6.42 Å². The van der Waals surface area contributed by atoms with Crippen LogP contribution in [-0.4, -0.2) is 19.1 Å². The number of ether oxygens (including phenoxy) is 1. The van der Waals surface area contributed by atoms with Gasteiger partial charge < -0.3 is 4.74 Å². The second-order valence-electron chi connectivity index (χ2n) is 5.97. The van der Waals surface area contributed by atoms with E-state index in [2.05, 4.69) is 0 Å². The molecule has 0 spiro atoms. The van der Waals surface area contributed by atoms with E-state index in [9.17, 15) is 0 Å². The van der Waals surface area contributed by atoms with Crippen molar-refractivity contribution in [2.24, 2.45) is 23.2 Å². The van der Waals surface area contributed by atoms with E-state index >= 15 is 0 Å². The lowest BCUT2D eigenvalue weighted by Crippen LogP contribution is -2.36. The number of hydrogen-bond acceptors (Lipinski definition) is 1. The second kappa shape index (κ2) is 3.63. The fourth-order valence-corrected chi connectivity index (χ4v) is 4.77. The van der Waals surface area contributed by atoms with Gasteiger partial charge in [-0.2, -0.15) is 0 Å². The average Bonchev–Trinajstić information content (AvgIpc) is 2.74. The number of hydrogen-bond donors (Lipinski definition) is 0. The summed E-state index contributed by atoms with van der Waals surface area (Å²) in [6.07, 6.45) is 8.73. The topological polar surface area (TPSA) is 9.23 Å². The van der Waals surface area contributed by atoms with E-state index in [1.165, 1.54) is 38.5 Å². The Morgan fingerprint density at radius 2 is 2.00 bits per heavy atom. The SMILES string of the molecule is COC1CCCC1C1(CCl)CC2CC2C1. The molecule has 0 aromatic carbocycles. The summed E-state index contributed by atoms with van der Waals surface area (Å²) < 4.78 is 5.65. The maximum atomic E-state index is 6.30. The molecule has 15 heavy (non-hydrogen) atoms. The molecule has 3 aliphatic rings. The minimum atomic E-state index is 0.451. The van der Waals surface area contributed by atoms with Gasteiger partial charge in [-0.15, -0.1) is 11.6 Å². The highest BCUT2D eigenvalue weighted by Gasteiger charge is 2.58. The highest BCUT2D eigenvalue weighted by Crippen LogP contribution is 2.64. The van der Waals surface area contributed by atoms with E-state index in [-0.39, 0.29) is 0 Å². The maximum absolute atomic E-state index is 6.30. The summed E-state index contributed by atoms with van der Waals surface area (Å²) in [5, 5.41) is 0. The summed E-state index contributed by atoms with van der Waals surface area (Å²) in [5.74, 6) is 3.68. The lowest BCUT2D eigenvalue weighted by Gasteiger charge is -2.38. The van der Waals surface area contributed by atoms with Gasteiger partial charge in [-0.05, 0) is 55.3 Å². The van der Waals surface area contributed by atoms with Crippen molar-refractivity contribution < 1.29 is 4.74 Å². The van der Waals surface area contributed by atoms with Crippen LogP contribution >= 0.6 is 11.6 Å². The molecule has 0 bridgehead atoms. The van der Waals surface area contributed by atoms with E-state index in [1.54, 1.807) is 0 Å². The second-order valence-corrected chi connectivity index (χ2v) is 6.24. The minimum absolute atomic E-state index is 0.451. The third-order valence-corrected chi connectivity index (χ3v) is 5.75. The van der Waals surface area contributed by atoms with Crippen LogP contribution in [0.4, 0.5) is 0 Å². The fourth-order valence-electron chi connectivity index (χ4n) is 4.36. The van der Waals surface area contributed by atoms with Crippen molar-refractivity contribution in [1.29, 1.82) is 0 Å². The number of methoxy groups -OCH3 is 1. The van der Waals surface area contributed by atoms with Crippen LogP contribution in [-0.2, 0) is 4.74 Å². The monoisotopic (exact) mass is 228 g/mol. The number of halogens is 1. The van der Waals surface area contributed by atoms with E-state index in [0.717, 1.165) is 23.6 Å². The molecule has 3 saturated carbocycles. The van der Waals surface area contributed by atoms with Gasteiger partial charge in [-0.3, -0.25) is 0 Å². The molecule has 0 saturated heterocycles. The summed E-state index contributed by atoms with van der Waals surface area (Å²) in [4.78, 5) is 0. The minimum Gasteiger partial charge on any atom is -0.381 e. The van der Waals surface area contributed by atoms with Crippen molar-refractivity contribution in [3.05, 3.63) is 0 Å². The van der Waals surface area contributed by atoms with Gasteiger partial charge in [0.1, 0.15) is 0 Å². The summed E-state index contributed by atoms with van der Waals surface area (Å²) in [6.45, 7) is 0. The van der Waals surface area contributed by atoms with Crippen molar-refractivity contribution in [3.63, 3.8) is 0 Å². The normalized spacial score (nSPS) is 53.2. The highest BCUT2D eigenvalue weighted by molar-refractivity contribution is 6.18. The van der Waals surface area contributed by atoms with Crippen molar-refractivity contribution in [2.75, 3.05) is 13.0 Å². The molecule has 86 valence electrons. The van der Waals surface area contributed by atoms with Crippen LogP contribution in [0.2, 0.25) is 0 Å². The maximum Gasteiger partial charge on any atom is 0.0605 e. The van der Waals surface area contributed by atoms with Crippen LogP contribution in [0, 0.1) is 23.2 Å². The van der Waals surface area contributed by atoms with Crippen LogP contribution < -0.4 is 0 Å². The Hall–Kier alpha value is 0.250. The lowest BCUT2D eigenvalue weighted by atomic mass is 9.71. The third kappa shape index (κ3) is 1.54. The molecular weight excluding hydrogens is 208 g/mol. The molecule has 0 N–H and O–H groups in total. The van der Waals surface area contributed by atoms with Gasteiger partial charge >= 0.3 is 0 Å². The Morgan fingerprint density at radius 1 is 1.27 bits per heavy atom. The Bertz CT molecular complexity index is 243. The van der Waals surface area contributed by atoms with Crippen LogP contribution in [0.25, 0.3) is 0 Å². The van der Waals surface area contributed by atoms with E-state index < -0.39 is 0 Å². The molecule has 4 atom stereocenters. The summed E-state index contributed by atoms with van der Waals surface area (Å²) in [6, 6.07) is 0. The molecule has 0 aliphatic heterocycles. The molecular formula is C13H21ClO. The Kier molecular flexibility index (Phi) is 2.52. The number of alkyl halides is 1. The van der Waals surface area contributed by atoms with Crippen LogP contribution in [0.3, 0.4) is 0 Å². The van der Waals surface area contributed by atoms with Crippen LogP contribution in [0.1, 0.15) is 38.5 Å². The van der Waals surface area contributed by atoms with Gasteiger partial charge in [0.05, 0.1) is 6.10 Å². The van der Waals surface area contributed by atoms with Gasteiger partial charge in [-0.25, -0.2) is 0 Å². The molecule has 0 heterocycles. The zero-order chi connectivity index (χ0) is 10.5. The van der Waals surface area contributed by atoms with Crippen LogP contribution in [0.5, 0.6) is 0 Å². The first-order valence-corrected chi connectivity index (χ1v) is 6.91. The van der Waals surface area contributed by atoms with Crippen molar-refractivity contribution in [3.8, 4) is 0 Å². The molecule has 0 aromatic rings. The Labute approximate surface area is 97.5 Å². The fraction of sp³-hybridized carbons (Fsp3) is 1.00. The molecule has 0 aromatic heterocycles. The van der Waals surface area contributed by atoms with E-state index in [4.69, 9.17) is 16.3 Å². The van der Waals surface area contributed by atoms with Gasteiger partial charge in [0, 0.05) is 13.0 Å². The summed E-state index contributed by atoms with van der Waals surface area (Å²) in [5.41, 5.74) is 0.451. The number of fused-ring (bicyclic) bond motifs is 1. The molecule has 4 unspecified atom stereocenters. The van der Waals surface area contributed by atoms with Gasteiger partial charge in [0.2, 0.25) is 0 Å². The quantitative estimate of drug-likeness (QED) is 0.673. The third-order valence-electron chi connectivity index (χ3n) is 5.21. The summed E-state index contributed by atoms with van der Waals surface area (Å²) >= 11 is 6.30. The first-order valence-electron chi connectivity index (χ1n) is 6.38. The Morgan fingerprint density at radius 3 is 2.60 bits per heavy atom. The molecule has 3 aliphatic carbocycles. The standard InChI is InChI=1S/C13H21ClO/c1-15-12-4-2-3-11(12)13(8-14)6-9-5-10(9)7-13/h9-12H,2-8H2,1H3. The molecule has 2 heteroatoms. The molecule has 0 amide bonds. The highest BCUT2D eigenvalue weighted by atomic mass is 35.5. The van der Waals surface area contributed by atoms with Crippen LogP contribution in [0.15, 0.2) is 0 Å². The lowest BCUT2D eigenvalue weighted by molar-refractivity contribution is 0.0119. The zero-order valence-corrected chi connectivity index (χ0v) is 10.3. The first kappa shape index (κ1) is 10.4. The largest absolute Gasteiger partial charge is 0.381 e. The molecule has 3 rings (SSSR count). The van der Waals surface area contributed by atoms with Gasteiger partial charge in [0.15, 0.2) is 0 Å². The number of rotatable bonds is 3. The smallest absolute Gasteiger partial charge is 0.0605 e. The van der Waals surface area contributed by atoms with E-state index in [1.807, 2.05) is 7.11 Å². The van der Waals surface area contributed by atoms with Crippen molar-refractivity contribution in [1.82, 2.24) is 0 Å². The summed E-state index contributed by atoms with van der Waals surface area (Å²) in [7, 11) is 1.88.